The van der Waals surface area contributed by atoms with Crippen LogP contribution in [0.1, 0.15) is 59.8 Å². The standard InChI is InChI=1S/C25H43N7O10/c1-5-13(4)20(27)23(39)32-21(12(2)3)24(40)29-10-17(34)28-11-18(35)30-14(6-8-16(26)33)22(38)31-15(25(41)42)7-9-19(36)37/h12-15,20-21H,5-11,27H2,1-4H3,(H2,26,33)(H,28,34)(H,29,40)(H,30,35)(H,31,38)(H,32,39)(H,36,37)(H,41,42)/t13-,14-,15-,20-,21-/m0/s1. The third kappa shape index (κ3) is 14.9. The van der Waals surface area contributed by atoms with Gasteiger partial charge in [-0.3, -0.25) is 33.6 Å². The first-order chi connectivity index (χ1) is 19.5. The first-order valence-corrected chi connectivity index (χ1v) is 13.4. The Labute approximate surface area is 243 Å². The van der Waals surface area contributed by atoms with E-state index in [9.17, 15) is 43.5 Å². The molecule has 5 atom stereocenters. The predicted octanol–water partition coefficient (Wildman–Crippen LogP) is -3.08. The van der Waals surface area contributed by atoms with E-state index in [2.05, 4.69) is 26.6 Å². The van der Waals surface area contributed by atoms with Crippen LogP contribution in [-0.2, 0) is 38.4 Å². The van der Waals surface area contributed by atoms with E-state index in [0.29, 0.717) is 6.42 Å². The van der Waals surface area contributed by atoms with Gasteiger partial charge in [-0.2, -0.15) is 0 Å². The average Bonchev–Trinajstić information content (AvgIpc) is 2.91. The Morgan fingerprint density at radius 3 is 1.79 bits per heavy atom. The van der Waals surface area contributed by atoms with Crippen molar-refractivity contribution in [3.63, 3.8) is 0 Å². The van der Waals surface area contributed by atoms with E-state index in [1.807, 2.05) is 6.92 Å². The molecule has 0 fully saturated rings. The Morgan fingerprint density at radius 2 is 1.29 bits per heavy atom. The lowest BCUT2D eigenvalue weighted by Crippen LogP contribution is -2.56. The van der Waals surface area contributed by atoms with Crippen LogP contribution >= 0.6 is 0 Å². The molecular formula is C25H43N7O10. The van der Waals surface area contributed by atoms with E-state index < -0.39 is 97.5 Å². The van der Waals surface area contributed by atoms with Gasteiger partial charge in [-0.25, -0.2) is 4.79 Å². The minimum Gasteiger partial charge on any atom is -0.481 e. The largest absolute Gasteiger partial charge is 0.481 e. The minimum absolute atomic E-state index is 0.116. The number of carboxylic acid groups (broad SMARTS) is 2. The van der Waals surface area contributed by atoms with Crippen molar-refractivity contribution in [1.82, 2.24) is 26.6 Å². The van der Waals surface area contributed by atoms with Crippen LogP contribution in [0.15, 0.2) is 0 Å². The molecule has 6 amide bonds. The number of aliphatic carboxylic acids is 2. The number of carbonyl (C=O) groups excluding carboxylic acids is 6. The molecule has 0 radical (unpaired) electrons. The zero-order valence-corrected chi connectivity index (χ0v) is 24.2. The van der Waals surface area contributed by atoms with Crippen molar-refractivity contribution in [3.8, 4) is 0 Å². The number of hydrogen-bond acceptors (Lipinski definition) is 9. The fourth-order valence-corrected chi connectivity index (χ4v) is 3.41. The van der Waals surface area contributed by atoms with Gasteiger partial charge in [0.25, 0.3) is 0 Å². The van der Waals surface area contributed by atoms with Crippen molar-refractivity contribution in [3.05, 3.63) is 0 Å². The molecule has 0 aromatic rings. The molecule has 238 valence electrons. The van der Waals surface area contributed by atoms with Crippen molar-refractivity contribution in [2.75, 3.05) is 13.1 Å². The molecule has 0 spiro atoms. The molecule has 0 unspecified atom stereocenters. The summed E-state index contributed by atoms with van der Waals surface area (Å²) in [6.45, 7) is 5.87. The molecule has 0 aromatic carbocycles. The van der Waals surface area contributed by atoms with Crippen molar-refractivity contribution < 1.29 is 48.6 Å². The molecule has 0 aliphatic heterocycles. The second-order valence-electron chi connectivity index (χ2n) is 10.1. The van der Waals surface area contributed by atoms with Gasteiger partial charge in [0, 0.05) is 12.8 Å². The Bertz CT molecular complexity index is 1000. The van der Waals surface area contributed by atoms with E-state index >= 15 is 0 Å². The van der Waals surface area contributed by atoms with Gasteiger partial charge in [0.15, 0.2) is 0 Å². The third-order valence-corrected chi connectivity index (χ3v) is 6.27. The summed E-state index contributed by atoms with van der Waals surface area (Å²) >= 11 is 0. The molecule has 11 N–H and O–H groups in total. The number of carbonyl (C=O) groups is 8. The van der Waals surface area contributed by atoms with Gasteiger partial charge in [0.05, 0.1) is 19.1 Å². The zero-order valence-electron chi connectivity index (χ0n) is 24.2. The predicted molar refractivity (Wildman–Crippen MR) is 147 cm³/mol. The van der Waals surface area contributed by atoms with Crippen molar-refractivity contribution in [2.24, 2.45) is 23.3 Å². The highest BCUT2D eigenvalue weighted by molar-refractivity contribution is 5.94. The van der Waals surface area contributed by atoms with Gasteiger partial charge < -0.3 is 48.3 Å². The van der Waals surface area contributed by atoms with Gasteiger partial charge in [0.1, 0.15) is 18.1 Å². The summed E-state index contributed by atoms with van der Waals surface area (Å²) in [6.07, 6.45) is -0.966. The maximum absolute atomic E-state index is 12.6. The van der Waals surface area contributed by atoms with E-state index in [0.717, 1.165) is 0 Å². The van der Waals surface area contributed by atoms with Crippen LogP contribution < -0.4 is 38.1 Å². The Balaban J connectivity index is 5.05. The molecule has 42 heavy (non-hydrogen) atoms. The summed E-state index contributed by atoms with van der Waals surface area (Å²) in [7, 11) is 0. The zero-order chi connectivity index (χ0) is 32.6. The van der Waals surface area contributed by atoms with Gasteiger partial charge in [0.2, 0.25) is 35.4 Å². The van der Waals surface area contributed by atoms with E-state index in [1.54, 1.807) is 20.8 Å². The molecule has 0 rings (SSSR count). The molecule has 0 bridgehead atoms. The highest BCUT2D eigenvalue weighted by Crippen LogP contribution is 2.08. The van der Waals surface area contributed by atoms with Gasteiger partial charge in [-0.1, -0.05) is 34.1 Å². The fraction of sp³-hybridized carbons (Fsp3) is 0.680. The number of amides is 6. The molecule has 0 aliphatic rings. The van der Waals surface area contributed by atoms with Crippen molar-refractivity contribution >= 4 is 47.4 Å². The van der Waals surface area contributed by atoms with Crippen LogP contribution in [0.5, 0.6) is 0 Å². The molecule has 0 heterocycles. The highest BCUT2D eigenvalue weighted by Gasteiger charge is 2.29. The van der Waals surface area contributed by atoms with Gasteiger partial charge in [-0.15, -0.1) is 0 Å². The lowest BCUT2D eigenvalue weighted by atomic mass is 9.97. The van der Waals surface area contributed by atoms with E-state index in [4.69, 9.17) is 16.6 Å². The Kier molecular flexibility index (Phi) is 17.0. The maximum Gasteiger partial charge on any atom is 0.326 e. The smallest absolute Gasteiger partial charge is 0.326 e. The molecule has 0 aliphatic carbocycles. The molecule has 17 nitrogen and oxygen atoms in total. The summed E-state index contributed by atoms with van der Waals surface area (Å²) in [6, 6.07) is -4.79. The molecule has 0 saturated carbocycles. The van der Waals surface area contributed by atoms with Crippen molar-refractivity contribution in [2.45, 2.75) is 84.0 Å². The van der Waals surface area contributed by atoms with Crippen LogP contribution in [-0.4, -0.2) is 94.9 Å². The van der Waals surface area contributed by atoms with E-state index in [-0.39, 0.29) is 24.7 Å². The Hall–Kier alpha value is -4.28. The summed E-state index contributed by atoms with van der Waals surface area (Å²) in [5.74, 6) is -7.85. The number of hydrogen-bond donors (Lipinski definition) is 9. The summed E-state index contributed by atoms with van der Waals surface area (Å²) in [4.78, 5) is 95.5. The number of primary amides is 1. The first-order valence-electron chi connectivity index (χ1n) is 13.4. The van der Waals surface area contributed by atoms with Gasteiger partial charge >= 0.3 is 11.9 Å². The number of nitrogens with two attached hydrogens (primary N) is 2. The minimum atomic E-state index is -1.57. The van der Waals surface area contributed by atoms with E-state index in [1.165, 1.54) is 0 Å². The quantitative estimate of drug-likeness (QED) is 0.0674. The Morgan fingerprint density at radius 1 is 0.714 bits per heavy atom. The second kappa shape index (κ2) is 19.0. The monoisotopic (exact) mass is 601 g/mol. The molecule has 0 saturated heterocycles. The van der Waals surface area contributed by atoms with Crippen LogP contribution in [0.3, 0.4) is 0 Å². The first kappa shape index (κ1) is 37.7. The number of carboxylic acids is 2. The van der Waals surface area contributed by atoms with Gasteiger partial charge in [-0.05, 0) is 24.7 Å². The van der Waals surface area contributed by atoms with Crippen LogP contribution in [0.4, 0.5) is 0 Å². The highest BCUT2D eigenvalue weighted by atomic mass is 16.4. The SMILES string of the molecule is CC[C@H](C)[C@H](N)C(=O)N[C@H](C(=O)NCC(=O)NCC(=O)N[C@@H](CCC(N)=O)C(=O)N[C@@H](CCC(=O)O)C(=O)O)C(C)C. The molecule has 0 aromatic heterocycles. The molecule has 17 heteroatoms. The fourth-order valence-electron chi connectivity index (χ4n) is 3.41. The normalized spacial score (nSPS) is 14.3. The summed E-state index contributed by atoms with van der Waals surface area (Å²) < 4.78 is 0. The number of nitrogens with one attached hydrogen (secondary N) is 5. The lowest BCUT2D eigenvalue weighted by molar-refractivity contribution is -0.143. The van der Waals surface area contributed by atoms with Crippen LogP contribution in [0.25, 0.3) is 0 Å². The lowest BCUT2D eigenvalue weighted by Gasteiger charge is -2.25. The third-order valence-electron chi connectivity index (χ3n) is 6.27. The topological polar surface area (TPSA) is 289 Å². The van der Waals surface area contributed by atoms with Crippen LogP contribution in [0, 0.1) is 11.8 Å². The summed E-state index contributed by atoms with van der Waals surface area (Å²) in [5.41, 5.74) is 11.0. The summed E-state index contributed by atoms with van der Waals surface area (Å²) in [5, 5.41) is 29.5. The number of rotatable bonds is 20. The second-order valence-corrected chi connectivity index (χ2v) is 10.1. The van der Waals surface area contributed by atoms with Crippen LogP contribution in [0.2, 0.25) is 0 Å². The average molecular weight is 602 g/mol. The van der Waals surface area contributed by atoms with Crippen molar-refractivity contribution in [1.29, 1.82) is 0 Å². The maximum atomic E-state index is 12.6. The molecular weight excluding hydrogens is 558 g/mol.